The minimum Gasteiger partial charge on any atom is -0.465 e. The molecule has 1 saturated heterocycles. The second-order valence-corrected chi connectivity index (χ2v) is 8.73. The molecule has 3 aromatic carbocycles. The van der Waals surface area contributed by atoms with Gasteiger partial charge in [0.05, 0.1) is 34.9 Å². The number of aromatic nitrogens is 2. The third kappa shape index (κ3) is 3.73. The first-order valence-corrected chi connectivity index (χ1v) is 11.2. The standard InChI is InChI=1S/C26H22ClN3O4/c1-15-4-3-5-21(27)23(15)25(32)30-22-12-18(29-13-19(31)14-29)10-11-20(22)24(28-30)16-6-8-17(9-7-16)26(33)34-2/h3-12,19,31H,13-14H2,1-2H3. The fraction of sp³-hybridized carbons (Fsp3) is 0.192. The number of hydrogen-bond donors (Lipinski definition) is 1. The molecule has 1 aliphatic rings. The highest BCUT2D eigenvalue weighted by atomic mass is 35.5. The predicted octanol–water partition coefficient (Wildman–Crippen LogP) is 4.32. The summed E-state index contributed by atoms with van der Waals surface area (Å²) in [5.41, 5.74) is 4.48. The summed E-state index contributed by atoms with van der Waals surface area (Å²) in [6.07, 6.45) is -0.350. The van der Waals surface area contributed by atoms with Crippen molar-refractivity contribution in [3.05, 3.63) is 82.4 Å². The highest BCUT2D eigenvalue weighted by Crippen LogP contribution is 2.33. The van der Waals surface area contributed by atoms with Gasteiger partial charge in [0.15, 0.2) is 0 Å². The van der Waals surface area contributed by atoms with Crippen molar-refractivity contribution in [2.75, 3.05) is 25.1 Å². The second kappa shape index (κ2) is 8.59. The van der Waals surface area contributed by atoms with Crippen molar-refractivity contribution in [3.63, 3.8) is 0 Å². The number of benzene rings is 3. The van der Waals surface area contributed by atoms with Crippen LogP contribution in [0.5, 0.6) is 0 Å². The Hall–Kier alpha value is -3.68. The number of β-amino-alcohol motifs (C(OH)–C–C–N with tert-alkyl or cyclic N) is 1. The summed E-state index contributed by atoms with van der Waals surface area (Å²) in [5, 5.41) is 15.6. The number of carbonyl (C=O) groups is 2. The number of anilines is 1. The first-order chi connectivity index (χ1) is 16.4. The number of aryl methyl sites for hydroxylation is 1. The topological polar surface area (TPSA) is 84.7 Å². The lowest BCUT2D eigenvalue weighted by Crippen LogP contribution is -2.50. The van der Waals surface area contributed by atoms with E-state index in [1.54, 1.807) is 36.4 Å². The van der Waals surface area contributed by atoms with Crippen molar-refractivity contribution >= 4 is 40.1 Å². The summed E-state index contributed by atoms with van der Waals surface area (Å²) in [7, 11) is 1.34. The molecule has 0 aliphatic carbocycles. The maximum absolute atomic E-state index is 13.6. The second-order valence-electron chi connectivity index (χ2n) is 8.33. The normalized spacial score (nSPS) is 13.7. The number of carbonyl (C=O) groups excluding carboxylic acids is 2. The van der Waals surface area contributed by atoms with Gasteiger partial charge in [0.1, 0.15) is 5.69 Å². The van der Waals surface area contributed by atoms with E-state index in [0.717, 1.165) is 22.2 Å². The zero-order valence-corrected chi connectivity index (χ0v) is 19.4. The van der Waals surface area contributed by atoms with Gasteiger partial charge in [-0.3, -0.25) is 4.79 Å². The molecule has 0 amide bonds. The SMILES string of the molecule is COC(=O)c1ccc(-c2nn(C(=O)c3c(C)cccc3Cl)c3cc(N4CC(O)C4)ccc23)cc1. The molecular weight excluding hydrogens is 454 g/mol. The Kier molecular flexibility index (Phi) is 5.59. The maximum atomic E-state index is 13.6. The smallest absolute Gasteiger partial charge is 0.337 e. The molecule has 34 heavy (non-hydrogen) atoms. The van der Waals surface area contributed by atoms with Crippen molar-refractivity contribution in [2.45, 2.75) is 13.0 Å². The number of aliphatic hydroxyl groups excluding tert-OH is 1. The minimum absolute atomic E-state index is 0.327. The lowest BCUT2D eigenvalue weighted by molar-refractivity contribution is 0.0600. The van der Waals surface area contributed by atoms with E-state index in [-0.39, 0.29) is 12.0 Å². The first-order valence-electron chi connectivity index (χ1n) is 10.8. The van der Waals surface area contributed by atoms with Crippen LogP contribution in [0.1, 0.15) is 26.3 Å². The Morgan fingerprint density at radius 1 is 1.09 bits per heavy atom. The lowest BCUT2D eigenvalue weighted by Gasteiger charge is -2.37. The third-order valence-electron chi connectivity index (χ3n) is 6.10. The zero-order valence-electron chi connectivity index (χ0n) is 18.7. The van der Waals surface area contributed by atoms with Crippen molar-refractivity contribution < 1.29 is 19.4 Å². The molecule has 1 N–H and O–H groups in total. The number of halogens is 1. The molecule has 2 heterocycles. The summed E-state index contributed by atoms with van der Waals surface area (Å²) < 4.78 is 6.16. The molecule has 4 aromatic rings. The number of aliphatic hydroxyl groups is 1. The number of rotatable bonds is 4. The average molecular weight is 476 g/mol. The van der Waals surface area contributed by atoms with Crippen LogP contribution in [0.4, 0.5) is 5.69 Å². The van der Waals surface area contributed by atoms with Crippen LogP contribution in [0.25, 0.3) is 22.2 Å². The molecule has 0 unspecified atom stereocenters. The molecule has 5 rings (SSSR count). The number of fused-ring (bicyclic) bond motifs is 1. The maximum Gasteiger partial charge on any atom is 0.337 e. The van der Waals surface area contributed by atoms with Crippen LogP contribution in [0.15, 0.2) is 60.7 Å². The Bertz CT molecular complexity index is 1400. The summed E-state index contributed by atoms with van der Waals surface area (Å²) in [6, 6.07) is 18.0. The molecule has 7 nitrogen and oxygen atoms in total. The summed E-state index contributed by atoms with van der Waals surface area (Å²) in [4.78, 5) is 27.5. The van der Waals surface area contributed by atoms with E-state index in [2.05, 4.69) is 0 Å². The largest absolute Gasteiger partial charge is 0.465 e. The van der Waals surface area contributed by atoms with E-state index in [0.29, 0.717) is 40.4 Å². The van der Waals surface area contributed by atoms with Gasteiger partial charge in [-0.15, -0.1) is 0 Å². The number of esters is 1. The van der Waals surface area contributed by atoms with Gasteiger partial charge in [0.2, 0.25) is 0 Å². The van der Waals surface area contributed by atoms with Crippen molar-refractivity contribution in [1.29, 1.82) is 0 Å². The molecule has 0 bridgehead atoms. The van der Waals surface area contributed by atoms with E-state index in [1.807, 2.05) is 36.1 Å². The summed E-state index contributed by atoms with van der Waals surface area (Å²) in [6.45, 7) is 2.92. The van der Waals surface area contributed by atoms with E-state index < -0.39 is 5.97 Å². The van der Waals surface area contributed by atoms with Crippen LogP contribution in [-0.2, 0) is 4.74 Å². The molecule has 0 radical (unpaired) electrons. The van der Waals surface area contributed by atoms with Gasteiger partial charge in [-0.25, -0.2) is 4.79 Å². The Balaban J connectivity index is 1.67. The number of nitrogens with zero attached hydrogens (tertiary/aromatic N) is 3. The van der Waals surface area contributed by atoms with Crippen molar-refractivity contribution in [3.8, 4) is 11.3 Å². The quantitative estimate of drug-likeness (QED) is 0.442. The number of ether oxygens (including phenoxy) is 1. The van der Waals surface area contributed by atoms with Crippen molar-refractivity contribution in [2.24, 2.45) is 0 Å². The van der Waals surface area contributed by atoms with E-state index in [9.17, 15) is 14.7 Å². The van der Waals surface area contributed by atoms with Crippen LogP contribution in [0.3, 0.4) is 0 Å². The van der Waals surface area contributed by atoms with Crippen LogP contribution in [-0.4, -0.2) is 53.1 Å². The summed E-state index contributed by atoms with van der Waals surface area (Å²) >= 11 is 6.40. The van der Waals surface area contributed by atoms with Crippen LogP contribution in [0, 0.1) is 6.92 Å². The zero-order chi connectivity index (χ0) is 24.0. The van der Waals surface area contributed by atoms with Gasteiger partial charge in [0, 0.05) is 29.7 Å². The molecule has 1 aliphatic heterocycles. The molecule has 0 spiro atoms. The van der Waals surface area contributed by atoms with Crippen LogP contribution >= 0.6 is 11.6 Å². The van der Waals surface area contributed by atoms with Gasteiger partial charge in [-0.1, -0.05) is 35.9 Å². The first kappa shape index (κ1) is 22.1. The average Bonchev–Trinajstić information content (AvgIpc) is 3.20. The van der Waals surface area contributed by atoms with Crippen molar-refractivity contribution in [1.82, 2.24) is 9.78 Å². The molecule has 1 fully saturated rings. The van der Waals surface area contributed by atoms with Gasteiger partial charge >= 0.3 is 5.97 Å². The monoisotopic (exact) mass is 475 g/mol. The minimum atomic E-state index is -0.423. The fourth-order valence-corrected chi connectivity index (χ4v) is 4.53. The molecule has 0 atom stereocenters. The summed E-state index contributed by atoms with van der Waals surface area (Å²) in [5.74, 6) is -0.751. The highest BCUT2D eigenvalue weighted by molar-refractivity contribution is 6.34. The van der Waals surface area contributed by atoms with Gasteiger partial charge in [0.25, 0.3) is 5.91 Å². The van der Waals surface area contributed by atoms with Gasteiger partial charge in [-0.2, -0.15) is 9.78 Å². The Labute approximate surface area is 201 Å². The number of methoxy groups -OCH3 is 1. The Morgan fingerprint density at radius 3 is 2.47 bits per heavy atom. The van der Waals surface area contributed by atoms with Gasteiger partial charge in [-0.05, 0) is 48.9 Å². The van der Waals surface area contributed by atoms with E-state index in [4.69, 9.17) is 21.4 Å². The van der Waals surface area contributed by atoms with E-state index in [1.165, 1.54) is 11.8 Å². The Morgan fingerprint density at radius 2 is 1.82 bits per heavy atom. The molecule has 172 valence electrons. The van der Waals surface area contributed by atoms with Gasteiger partial charge < -0.3 is 14.7 Å². The molecular formula is C26H22ClN3O4. The molecule has 1 aromatic heterocycles. The lowest BCUT2D eigenvalue weighted by atomic mass is 10.0. The fourth-order valence-electron chi connectivity index (χ4n) is 4.22. The van der Waals surface area contributed by atoms with E-state index >= 15 is 0 Å². The predicted molar refractivity (Wildman–Crippen MR) is 131 cm³/mol. The molecule has 8 heteroatoms. The highest BCUT2D eigenvalue weighted by Gasteiger charge is 2.27. The third-order valence-corrected chi connectivity index (χ3v) is 6.41. The molecule has 0 saturated carbocycles. The number of hydrogen-bond acceptors (Lipinski definition) is 6. The van der Waals surface area contributed by atoms with Crippen LogP contribution in [0.2, 0.25) is 5.02 Å². The van der Waals surface area contributed by atoms with Crippen LogP contribution < -0.4 is 4.90 Å².